The molecule has 0 bridgehead atoms. The minimum Gasteiger partial charge on any atom is -0.394 e. The maximum Gasteiger partial charge on any atom is 0.245 e. The molecule has 1 saturated heterocycles. The van der Waals surface area contributed by atoms with Gasteiger partial charge in [-0.1, -0.05) is 63.1 Å². The Hall–Kier alpha value is -7.06. The fraction of sp³-hybridized carbons (Fsp3) is 0.707. The summed E-state index contributed by atoms with van der Waals surface area (Å²) < 4.78 is 0. The van der Waals surface area contributed by atoms with Gasteiger partial charge in [0.2, 0.25) is 70.9 Å². The molecule has 0 aliphatic carbocycles. The number of amides is 12. The van der Waals surface area contributed by atoms with Gasteiger partial charge in [-0.3, -0.25) is 57.5 Å². The van der Waals surface area contributed by atoms with E-state index in [0.717, 1.165) is 28.5 Å². The number of hydrogen-bond acceptors (Lipinski definition) is 15. The minimum atomic E-state index is -1.65. The fourth-order valence-corrected chi connectivity index (χ4v) is 8.62. The first kappa shape index (κ1) is 115. The molecule has 0 radical (unpaired) electrons. The molecule has 0 saturated carbocycles. The van der Waals surface area contributed by atoms with Crippen LogP contribution in [0.5, 0.6) is 0 Å². The Balaban J connectivity index is -0.000000237. The molecule has 0 aromatic rings. The van der Waals surface area contributed by atoms with E-state index >= 15 is 0 Å². The van der Waals surface area contributed by atoms with Crippen LogP contribution >= 0.6 is 21.6 Å². The van der Waals surface area contributed by atoms with E-state index in [9.17, 15) is 62.6 Å². The van der Waals surface area contributed by atoms with Gasteiger partial charge in [-0.25, -0.2) is 0 Å². The normalized spacial score (nSPS) is 21.0. The quantitative estimate of drug-likeness (QED) is 0.0819. The van der Waals surface area contributed by atoms with E-state index < -0.39 is 139 Å². The zero-order chi connectivity index (χ0) is 51.8. The first-order valence-corrected chi connectivity index (χ1v) is 24.6. The molecule has 504 valence electrons. The molecule has 0 aromatic carbocycles. The molecule has 1 fully saturated rings. The number of aliphatic hydroxyl groups is 1. The molecule has 8 atom stereocenters. The van der Waals surface area contributed by atoms with Gasteiger partial charge in [0, 0.05) is 117 Å². The standard InChI is InChI=1S/C41H70N12O13S2.15Ne/c1-19(2)11-25-36(61)44-15-33(58)49-29(34(43)59)17-67-68-18-30(47-23(8)55)37(62)45-14-32(57)48-24(9-10-31(42)56)38(63)51-27(13-21(5)6)40(65)53-28(16-54)41(66)52-26(12-20(3)4)39(64)46-22(7)35(60)50-25;;;;;;;;;;;;;;;/h19-22,24-30,54H,9-18H2,1-8H3,(H2,42,56)(H2,43,59)(H,44,61)(H,45,62)(H,46,64)(H,47,55)(H,48,57)(H,49,58)(H,50,60)(H,51,63)(H,52,66)(H,53,65);;;;;;;;;;;;;;;. The number of nitrogens with two attached hydrogens (primary N) is 2. The largest absolute Gasteiger partial charge is 0.394 e. The molecule has 83 heavy (non-hydrogen) atoms. The van der Waals surface area contributed by atoms with Crippen LogP contribution in [0, 0.1) is 110 Å². The Kier molecular flexibility index (Phi) is 80.4. The van der Waals surface area contributed by atoms with E-state index in [1.54, 1.807) is 41.5 Å². The molecule has 0 spiro atoms. The van der Waals surface area contributed by atoms with Crippen molar-refractivity contribution >= 4 is 92.5 Å². The number of nitrogens with one attached hydrogen (secondary N) is 10. The smallest absolute Gasteiger partial charge is 0.245 e. The van der Waals surface area contributed by atoms with E-state index in [1.807, 2.05) is 0 Å². The van der Waals surface area contributed by atoms with Gasteiger partial charge in [-0.2, -0.15) is 0 Å². The summed E-state index contributed by atoms with van der Waals surface area (Å²) in [6.45, 7) is 10.7. The maximum atomic E-state index is 13.7. The van der Waals surface area contributed by atoms with E-state index in [2.05, 4.69) is 53.2 Å². The fourth-order valence-electron chi connectivity index (χ4n) is 6.28. The average Bonchev–Trinajstić information content (AvgIpc) is 3.23. The summed E-state index contributed by atoms with van der Waals surface area (Å²) in [4.78, 5) is 156. The zero-order valence-electron chi connectivity index (χ0n) is 45.0. The molecular formula is C41H70N12Ne15O13S2. The van der Waals surface area contributed by atoms with Crippen molar-refractivity contribution in [3.63, 3.8) is 0 Å². The van der Waals surface area contributed by atoms with Crippen molar-refractivity contribution in [3.8, 4) is 0 Å². The van der Waals surface area contributed by atoms with Crippen molar-refractivity contribution in [2.45, 2.75) is 136 Å². The Morgan fingerprint density at radius 1 is 0.494 bits per heavy atom. The van der Waals surface area contributed by atoms with Gasteiger partial charge in [-0.05, 0) is 50.4 Å². The van der Waals surface area contributed by atoms with E-state index in [4.69, 9.17) is 11.5 Å². The molecular weight excluding hydrogens is 1240 g/mol. The third-order valence-electron chi connectivity index (χ3n) is 9.69. The molecule has 1 heterocycles. The van der Waals surface area contributed by atoms with Crippen LogP contribution in [0.2, 0.25) is 0 Å². The first-order valence-electron chi connectivity index (χ1n) is 22.1. The van der Waals surface area contributed by atoms with Gasteiger partial charge in [0.1, 0.15) is 48.3 Å². The second-order valence-corrected chi connectivity index (χ2v) is 20.0. The molecule has 1 aliphatic rings. The van der Waals surface area contributed by atoms with Gasteiger partial charge in [0.25, 0.3) is 0 Å². The summed E-state index contributed by atoms with van der Waals surface area (Å²) in [7, 11) is 2.01. The van der Waals surface area contributed by atoms with Crippen molar-refractivity contribution in [3.05, 3.63) is 0 Å². The Morgan fingerprint density at radius 3 is 1.24 bits per heavy atom. The maximum absolute atomic E-state index is 13.7. The molecule has 1 aliphatic heterocycles. The topological polar surface area (TPSA) is 397 Å². The van der Waals surface area contributed by atoms with Crippen LogP contribution in [0.1, 0.15) is 87.5 Å². The second-order valence-electron chi connectivity index (χ2n) is 17.5. The molecule has 25 nitrogen and oxygen atoms in total. The predicted molar refractivity (Wildman–Crippen MR) is 251 cm³/mol. The van der Waals surface area contributed by atoms with Crippen LogP contribution in [0.3, 0.4) is 0 Å². The Labute approximate surface area is 495 Å². The summed E-state index contributed by atoms with van der Waals surface area (Å²) in [5, 5.41) is 34.7. The summed E-state index contributed by atoms with van der Waals surface area (Å²) in [6, 6.07) is -10.7. The zero-order valence-corrected chi connectivity index (χ0v) is 46.7. The molecule has 1 rings (SSSR count). The van der Waals surface area contributed by atoms with Crippen molar-refractivity contribution in [2.24, 2.45) is 29.2 Å². The van der Waals surface area contributed by atoms with Crippen LogP contribution in [0.15, 0.2) is 0 Å². The third kappa shape index (κ3) is 46.2. The molecule has 0 aromatic heterocycles. The van der Waals surface area contributed by atoms with Crippen molar-refractivity contribution in [1.82, 2.24) is 53.2 Å². The van der Waals surface area contributed by atoms with E-state index in [-0.39, 0.29) is 154 Å². The molecule has 12 amide bonds. The van der Waals surface area contributed by atoms with Crippen molar-refractivity contribution in [1.29, 1.82) is 0 Å². The van der Waals surface area contributed by atoms with Gasteiger partial charge in [0.05, 0.1) is 19.7 Å². The number of carbonyl (C=O) groups excluding carboxylic acids is 12. The van der Waals surface area contributed by atoms with Crippen LogP contribution < -0.4 is 64.6 Å². The molecule has 15 N–H and O–H groups in total. The summed E-state index contributed by atoms with van der Waals surface area (Å²) in [5.41, 5.74) is 10.8. The minimum absolute atomic E-state index is 0. The van der Waals surface area contributed by atoms with Crippen LogP contribution in [0.4, 0.5) is 0 Å². The van der Waals surface area contributed by atoms with Crippen molar-refractivity contribution in [2.75, 3.05) is 31.2 Å². The van der Waals surface area contributed by atoms with Gasteiger partial charge >= 0.3 is 0 Å². The number of carbonyl (C=O) groups is 12. The first-order chi connectivity index (χ1) is 31.7. The molecule has 8 unspecified atom stereocenters. The van der Waals surface area contributed by atoms with Gasteiger partial charge in [0.15, 0.2) is 0 Å². The predicted octanol–water partition coefficient (Wildman–Crippen LogP) is -4.59. The summed E-state index contributed by atoms with van der Waals surface area (Å²) >= 11 is 0. The summed E-state index contributed by atoms with van der Waals surface area (Å²) in [5.74, 6) is -11.0. The second kappa shape index (κ2) is 58.1. The summed E-state index contributed by atoms with van der Waals surface area (Å²) in [6.07, 6.45) is -0.583. The molecule has 42 heteroatoms. The third-order valence-corrected chi connectivity index (χ3v) is 12.1. The van der Waals surface area contributed by atoms with Gasteiger partial charge in [-0.15, -0.1) is 0 Å². The average molecular weight is 1310 g/mol. The number of rotatable bonds is 12. The van der Waals surface area contributed by atoms with Crippen LogP contribution in [-0.2, 0) is 57.5 Å². The SMILES string of the molecule is CC(=O)NC1CSSCC(C(N)=O)NC(=O)CNC(=O)C(CC(C)C)NC(=O)C(C)NC(=O)C(CC(C)C)NC(=O)C(CO)NC(=O)C(CC(C)C)NC(=O)C(CCC(N)=O)NC(=O)CNC1=O.[Ne].[Ne].[Ne].[Ne].[Ne].[Ne].[Ne].[Ne].[Ne].[Ne].[Ne].[Ne].[Ne].[Ne].[Ne]. The van der Waals surface area contributed by atoms with Crippen LogP contribution in [0.25, 0.3) is 0 Å². The number of primary amides is 2. The van der Waals surface area contributed by atoms with Gasteiger partial charge < -0.3 is 69.7 Å². The monoisotopic (exact) mass is 1300 g/mol. The van der Waals surface area contributed by atoms with E-state index in [1.165, 1.54) is 6.92 Å². The van der Waals surface area contributed by atoms with Crippen LogP contribution in [-0.4, -0.2) is 156 Å². The van der Waals surface area contributed by atoms with E-state index in [0.29, 0.717) is 0 Å². The Morgan fingerprint density at radius 2 is 0.843 bits per heavy atom. The Bertz CT molecular complexity index is 1880. The number of hydrogen-bond donors (Lipinski definition) is 13. The van der Waals surface area contributed by atoms with Crippen molar-refractivity contribution < 1.29 is 155 Å². The number of aliphatic hydroxyl groups excluding tert-OH is 1.